The Hall–Kier alpha value is -7.36. The van der Waals surface area contributed by atoms with Crippen LogP contribution in [0.25, 0.3) is 21.8 Å². The summed E-state index contributed by atoms with van der Waals surface area (Å²) in [7, 11) is -1.45. The van der Waals surface area contributed by atoms with Crippen LogP contribution in [0.5, 0.6) is 0 Å². The minimum absolute atomic E-state index is 0.0171. The van der Waals surface area contributed by atoms with Crippen molar-refractivity contribution in [1.29, 1.82) is 0 Å². The van der Waals surface area contributed by atoms with E-state index >= 15 is 0 Å². The first kappa shape index (κ1) is 45.4. The van der Waals surface area contributed by atoms with E-state index in [0.29, 0.717) is 0 Å². The van der Waals surface area contributed by atoms with Gasteiger partial charge in [0.25, 0.3) is 0 Å². The fraction of sp³-hybridized carbons (Fsp3) is 0.115. The number of benzene rings is 8. The van der Waals surface area contributed by atoms with Crippen LogP contribution in [-0.4, -0.2) is 21.8 Å². The van der Waals surface area contributed by atoms with E-state index < -0.39 is 15.8 Å². The smallest absolute Gasteiger partial charge is 0.228 e. The monoisotopic (exact) mass is 936 g/mol. The van der Waals surface area contributed by atoms with Crippen LogP contribution in [0.15, 0.2) is 206 Å². The van der Waals surface area contributed by atoms with Crippen molar-refractivity contribution in [1.82, 2.24) is 9.97 Å². The Morgan fingerprint density at radius 1 is 0.420 bits per heavy atom. The van der Waals surface area contributed by atoms with E-state index in [1.807, 2.05) is 24.3 Å². The summed E-state index contributed by atoms with van der Waals surface area (Å²) in [5.74, 6) is -0.116. The van der Waals surface area contributed by atoms with E-state index in [1.54, 1.807) is 0 Å². The summed E-state index contributed by atoms with van der Waals surface area (Å²) in [4.78, 5) is 35.0. The Morgan fingerprint density at radius 2 is 0.739 bits per heavy atom. The predicted octanol–water partition coefficient (Wildman–Crippen LogP) is 11.7. The summed E-state index contributed by atoms with van der Waals surface area (Å²) in [5.41, 5.74) is 9.77. The van der Waals surface area contributed by atoms with Crippen molar-refractivity contribution < 1.29 is 9.59 Å². The normalized spacial score (nSPS) is 11.5. The molecule has 0 radical (unpaired) electrons. The number of H-pyrrole nitrogens is 2. The number of fused-ring (bicyclic) bond motifs is 2. The van der Waals surface area contributed by atoms with Gasteiger partial charge in [-0.05, 0) is 102 Å². The van der Waals surface area contributed by atoms with Crippen LogP contribution in [0.1, 0.15) is 52.9 Å². The lowest BCUT2D eigenvalue weighted by atomic mass is 9.92. The zero-order valence-corrected chi connectivity index (χ0v) is 40.8. The second-order valence-corrected chi connectivity index (χ2v) is 22.0. The largest absolute Gasteiger partial charge is 0.356 e. The highest BCUT2D eigenvalue weighted by Crippen LogP contribution is 2.40. The molecule has 0 atom stereocenters. The lowest BCUT2D eigenvalue weighted by Crippen LogP contribution is -2.21. The first-order chi connectivity index (χ1) is 33.8. The SMILES string of the molecule is CCC(c1[nH]c2c(NC(=O)Cc3ccc(P(c4ccccc4)c4ccccc4)cc3)cccc2c1C)c1[nH]c2c(NC(=O)Cc3ccc(P(c4ccccc4)c4ccccc4)cc3)cccc2c1C. The molecule has 0 saturated heterocycles. The molecule has 8 aromatic carbocycles. The van der Waals surface area contributed by atoms with Gasteiger partial charge in [-0.15, -0.1) is 0 Å². The first-order valence-corrected chi connectivity index (χ1v) is 26.3. The molecule has 8 heteroatoms. The van der Waals surface area contributed by atoms with E-state index in [2.05, 4.69) is 223 Å². The second-order valence-electron chi connectivity index (χ2n) is 17.5. The van der Waals surface area contributed by atoms with Gasteiger partial charge in [0, 0.05) is 28.1 Å². The lowest BCUT2D eigenvalue weighted by molar-refractivity contribution is -0.116. The molecule has 2 aromatic heterocycles. The van der Waals surface area contributed by atoms with Crippen molar-refractivity contribution in [3.05, 3.63) is 240 Å². The van der Waals surface area contributed by atoms with Crippen molar-refractivity contribution >= 4 is 92.7 Å². The number of carbonyl (C=O) groups excluding carboxylic acids is 2. The summed E-state index contributed by atoms with van der Waals surface area (Å²) in [5, 5.41) is 16.3. The molecular weight excluding hydrogens is 883 g/mol. The highest BCUT2D eigenvalue weighted by Gasteiger charge is 2.25. The van der Waals surface area contributed by atoms with Gasteiger partial charge >= 0.3 is 0 Å². The van der Waals surface area contributed by atoms with Crippen molar-refractivity contribution in [2.24, 2.45) is 0 Å². The Morgan fingerprint density at radius 3 is 1.06 bits per heavy atom. The number of para-hydroxylation sites is 2. The van der Waals surface area contributed by atoms with Gasteiger partial charge in [-0.2, -0.15) is 0 Å². The van der Waals surface area contributed by atoms with Crippen molar-refractivity contribution in [2.75, 3.05) is 10.6 Å². The zero-order valence-electron chi connectivity index (χ0n) is 39.0. The molecule has 2 amide bonds. The number of aromatic amines is 2. The number of rotatable bonds is 15. The van der Waals surface area contributed by atoms with Gasteiger partial charge in [0.2, 0.25) is 11.8 Å². The molecular formula is C61H54N4O2P2. The Balaban J connectivity index is 0.846. The van der Waals surface area contributed by atoms with Crippen LogP contribution in [0.2, 0.25) is 0 Å². The minimum atomic E-state index is -0.723. The van der Waals surface area contributed by atoms with Crippen LogP contribution < -0.4 is 42.5 Å². The fourth-order valence-electron chi connectivity index (χ4n) is 9.69. The van der Waals surface area contributed by atoms with Gasteiger partial charge in [0.15, 0.2) is 0 Å². The van der Waals surface area contributed by atoms with E-state index in [0.717, 1.165) is 73.2 Å². The number of hydrogen-bond donors (Lipinski definition) is 4. The van der Waals surface area contributed by atoms with Gasteiger partial charge in [0.1, 0.15) is 0 Å². The minimum Gasteiger partial charge on any atom is -0.356 e. The van der Waals surface area contributed by atoms with Gasteiger partial charge in [-0.1, -0.05) is 201 Å². The second kappa shape index (κ2) is 20.5. The van der Waals surface area contributed by atoms with Gasteiger partial charge in [0.05, 0.1) is 35.2 Å². The lowest BCUT2D eigenvalue weighted by Gasteiger charge is -2.19. The number of aryl methyl sites for hydroxylation is 2. The van der Waals surface area contributed by atoms with Crippen LogP contribution in [0.3, 0.4) is 0 Å². The van der Waals surface area contributed by atoms with E-state index in [9.17, 15) is 9.59 Å². The molecule has 2 heterocycles. The number of carbonyl (C=O) groups is 2. The van der Waals surface area contributed by atoms with Crippen molar-refractivity contribution in [3.63, 3.8) is 0 Å². The average molecular weight is 937 g/mol. The van der Waals surface area contributed by atoms with Crippen LogP contribution in [0.4, 0.5) is 11.4 Å². The van der Waals surface area contributed by atoms with E-state index in [4.69, 9.17) is 0 Å². The first-order valence-electron chi connectivity index (χ1n) is 23.6. The molecule has 0 spiro atoms. The molecule has 0 aliphatic carbocycles. The maximum Gasteiger partial charge on any atom is 0.228 e. The topological polar surface area (TPSA) is 89.8 Å². The van der Waals surface area contributed by atoms with Gasteiger partial charge < -0.3 is 20.6 Å². The van der Waals surface area contributed by atoms with Crippen molar-refractivity contribution in [2.45, 2.75) is 46.0 Å². The number of nitrogens with one attached hydrogen (secondary N) is 4. The van der Waals surface area contributed by atoms with Crippen LogP contribution in [-0.2, 0) is 22.4 Å². The van der Waals surface area contributed by atoms with Crippen molar-refractivity contribution in [3.8, 4) is 0 Å². The third-order valence-electron chi connectivity index (χ3n) is 13.1. The Bertz CT molecular complexity index is 3070. The zero-order chi connectivity index (χ0) is 47.3. The maximum absolute atomic E-state index is 13.7. The fourth-order valence-corrected chi connectivity index (χ4v) is 14.3. The summed E-state index contributed by atoms with van der Waals surface area (Å²) in [6, 6.07) is 71.9. The molecule has 69 heavy (non-hydrogen) atoms. The van der Waals surface area contributed by atoms with Gasteiger partial charge in [-0.3, -0.25) is 9.59 Å². The third kappa shape index (κ3) is 9.70. The number of hydrogen-bond acceptors (Lipinski definition) is 2. The number of amides is 2. The molecule has 4 N–H and O–H groups in total. The molecule has 0 bridgehead atoms. The van der Waals surface area contributed by atoms with Crippen LogP contribution in [0, 0.1) is 13.8 Å². The Kier molecular flexibility index (Phi) is 13.5. The number of anilines is 2. The molecule has 0 aliphatic rings. The molecule has 0 aliphatic heterocycles. The summed E-state index contributed by atoms with van der Waals surface area (Å²) in [6.07, 6.45) is 1.36. The average Bonchev–Trinajstić information content (AvgIpc) is 3.90. The van der Waals surface area contributed by atoms with E-state index in [-0.39, 0.29) is 30.6 Å². The summed E-state index contributed by atoms with van der Waals surface area (Å²) < 4.78 is 0. The highest BCUT2D eigenvalue weighted by atomic mass is 31.1. The third-order valence-corrected chi connectivity index (χ3v) is 18.0. The quantitative estimate of drug-likeness (QED) is 0.0772. The maximum atomic E-state index is 13.7. The molecule has 10 rings (SSSR count). The van der Waals surface area contributed by atoms with Gasteiger partial charge in [-0.25, -0.2) is 0 Å². The van der Waals surface area contributed by atoms with E-state index in [1.165, 1.54) is 31.8 Å². The molecule has 340 valence electrons. The molecule has 6 nitrogen and oxygen atoms in total. The standard InChI is InChI=1S/C61H54N4O2P2/c1-4-51(58-41(2)52-27-17-29-54(60(52)64-58)62-56(66)39-43-31-35-49(36-32-43)68(45-19-9-5-10-20-45)46-21-11-6-12-22-46)59-42(3)53-28-18-30-55(61(53)65-59)63-57(67)40-44-33-37-50(38-34-44)69(47-23-13-7-14-24-47)48-25-15-8-16-26-48/h5-38,51,64-65H,4,39-40H2,1-3H3,(H,62,66)(H,63,67). The summed E-state index contributed by atoms with van der Waals surface area (Å²) in [6.45, 7) is 6.52. The predicted molar refractivity (Wildman–Crippen MR) is 293 cm³/mol. The molecule has 10 aromatic rings. The molecule has 0 unspecified atom stereocenters. The molecule has 0 saturated carbocycles. The Labute approximate surface area is 406 Å². The summed E-state index contributed by atoms with van der Waals surface area (Å²) >= 11 is 0. The van der Waals surface area contributed by atoms with Crippen LogP contribution >= 0.6 is 15.8 Å². The molecule has 0 fully saturated rings. The highest BCUT2D eigenvalue weighted by molar-refractivity contribution is 7.80. The number of aromatic nitrogens is 2.